The van der Waals surface area contributed by atoms with Gasteiger partial charge in [0.15, 0.2) is 5.16 Å². The van der Waals surface area contributed by atoms with E-state index < -0.39 is 0 Å². The number of amides is 1. The summed E-state index contributed by atoms with van der Waals surface area (Å²) in [4.78, 5) is 14.1. The lowest BCUT2D eigenvalue weighted by atomic mass is 10.0. The number of carbonyl (C=O) groups excluding carboxylic acids is 1. The summed E-state index contributed by atoms with van der Waals surface area (Å²) in [6, 6.07) is 11.7. The van der Waals surface area contributed by atoms with Crippen LogP contribution in [0.5, 0.6) is 5.75 Å². The van der Waals surface area contributed by atoms with Crippen molar-refractivity contribution in [2.75, 3.05) is 12.9 Å². The van der Waals surface area contributed by atoms with Crippen molar-refractivity contribution in [1.29, 1.82) is 0 Å². The molecule has 28 heavy (non-hydrogen) atoms. The normalized spacial score (nSPS) is 16.3. The van der Waals surface area contributed by atoms with Crippen LogP contribution in [-0.4, -0.2) is 44.3 Å². The van der Waals surface area contributed by atoms with Crippen LogP contribution in [0.15, 0.2) is 58.4 Å². The fourth-order valence-electron chi connectivity index (χ4n) is 3.01. The average Bonchev–Trinajstić information content (AvgIpc) is 3.46. The third kappa shape index (κ3) is 3.81. The van der Waals surface area contributed by atoms with E-state index in [9.17, 15) is 4.79 Å². The third-order valence-corrected chi connectivity index (χ3v) is 6.40. The molecule has 1 amide bonds. The van der Waals surface area contributed by atoms with Gasteiger partial charge in [0.05, 0.1) is 29.5 Å². The average molecular weight is 414 g/mol. The van der Waals surface area contributed by atoms with Crippen LogP contribution in [0.2, 0.25) is 0 Å². The number of hydrogen-bond donors (Lipinski definition) is 0. The Bertz CT molecular complexity index is 982. The molecule has 0 saturated carbocycles. The molecule has 1 aliphatic heterocycles. The van der Waals surface area contributed by atoms with Crippen molar-refractivity contribution in [1.82, 2.24) is 19.8 Å². The molecule has 0 saturated heterocycles. The SMILES string of the molecule is COc1ccc(C2CC(c3cccs3)=NN2C(=O)CSc2nncn2C)cc1. The smallest absolute Gasteiger partial charge is 0.253 e. The Morgan fingerprint density at radius 1 is 1.32 bits per heavy atom. The van der Waals surface area contributed by atoms with Crippen molar-refractivity contribution in [2.45, 2.75) is 17.6 Å². The van der Waals surface area contributed by atoms with Crippen LogP contribution in [-0.2, 0) is 11.8 Å². The van der Waals surface area contributed by atoms with E-state index in [-0.39, 0.29) is 17.7 Å². The second-order valence-corrected chi connectivity index (χ2v) is 8.16. The number of hydrogen-bond acceptors (Lipinski definition) is 7. The molecule has 1 aliphatic rings. The summed E-state index contributed by atoms with van der Waals surface area (Å²) in [7, 11) is 3.50. The molecular formula is C19H19N5O2S2. The highest BCUT2D eigenvalue weighted by Gasteiger charge is 2.33. The van der Waals surface area contributed by atoms with Crippen LogP contribution in [0.1, 0.15) is 22.9 Å². The van der Waals surface area contributed by atoms with Crippen LogP contribution in [0.4, 0.5) is 0 Å². The lowest BCUT2D eigenvalue weighted by Gasteiger charge is -2.22. The van der Waals surface area contributed by atoms with Crippen molar-refractivity contribution in [2.24, 2.45) is 12.1 Å². The molecule has 1 unspecified atom stereocenters. The molecule has 144 valence electrons. The van der Waals surface area contributed by atoms with Gasteiger partial charge in [-0.05, 0) is 29.1 Å². The number of hydrazone groups is 1. The highest BCUT2D eigenvalue weighted by atomic mass is 32.2. The molecule has 1 aromatic carbocycles. The number of aryl methyl sites for hydroxylation is 1. The first kappa shape index (κ1) is 18.7. The molecule has 3 aromatic rings. The standard InChI is InChI=1S/C19H19N5O2S2/c1-23-12-20-21-19(23)28-11-18(25)24-16(13-5-7-14(26-2)8-6-13)10-15(22-24)17-4-3-9-27-17/h3-9,12,16H,10-11H2,1-2H3. The predicted octanol–water partition coefficient (Wildman–Crippen LogP) is 3.36. The van der Waals surface area contributed by atoms with E-state index in [4.69, 9.17) is 4.74 Å². The first-order valence-electron chi connectivity index (χ1n) is 8.70. The van der Waals surface area contributed by atoms with Crippen LogP contribution in [0.25, 0.3) is 0 Å². The number of carbonyl (C=O) groups is 1. The Morgan fingerprint density at radius 3 is 2.79 bits per heavy atom. The molecule has 3 heterocycles. The molecule has 1 atom stereocenters. The Kier molecular flexibility index (Phi) is 5.45. The molecule has 7 nitrogen and oxygen atoms in total. The molecule has 0 bridgehead atoms. The Hall–Kier alpha value is -2.65. The van der Waals surface area contributed by atoms with Gasteiger partial charge >= 0.3 is 0 Å². The second-order valence-electron chi connectivity index (χ2n) is 6.27. The van der Waals surface area contributed by atoms with E-state index >= 15 is 0 Å². The Morgan fingerprint density at radius 2 is 2.14 bits per heavy atom. The van der Waals surface area contributed by atoms with Crippen molar-refractivity contribution in [3.8, 4) is 5.75 Å². The lowest BCUT2D eigenvalue weighted by molar-refractivity contribution is -0.130. The third-order valence-electron chi connectivity index (χ3n) is 4.47. The fraction of sp³-hybridized carbons (Fsp3) is 0.263. The topological polar surface area (TPSA) is 72.6 Å². The summed E-state index contributed by atoms with van der Waals surface area (Å²) < 4.78 is 7.05. The number of thiophene rings is 1. The maximum Gasteiger partial charge on any atom is 0.253 e. The van der Waals surface area contributed by atoms with Gasteiger partial charge in [0, 0.05) is 13.5 Å². The van der Waals surface area contributed by atoms with E-state index in [1.165, 1.54) is 11.8 Å². The fourth-order valence-corrected chi connectivity index (χ4v) is 4.47. The number of nitrogens with zero attached hydrogens (tertiary/aromatic N) is 5. The molecule has 2 aromatic heterocycles. The van der Waals surface area contributed by atoms with Gasteiger partial charge in [-0.15, -0.1) is 21.5 Å². The maximum atomic E-state index is 13.0. The van der Waals surface area contributed by atoms with Gasteiger partial charge in [0.1, 0.15) is 12.1 Å². The monoisotopic (exact) mass is 413 g/mol. The molecule has 4 rings (SSSR count). The van der Waals surface area contributed by atoms with Crippen LogP contribution in [0.3, 0.4) is 0 Å². The summed E-state index contributed by atoms with van der Waals surface area (Å²) >= 11 is 3.00. The minimum absolute atomic E-state index is 0.0552. The van der Waals surface area contributed by atoms with E-state index in [1.807, 2.05) is 48.8 Å². The zero-order chi connectivity index (χ0) is 19.5. The van der Waals surface area contributed by atoms with Gasteiger partial charge in [-0.3, -0.25) is 4.79 Å². The molecule has 0 N–H and O–H groups in total. The van der Waals surface area contributed by atoms with Gasteiger partial charge in [0.2, 0.25) is 0 Å². The Labute approximate surface area is 171 Å². The summed E-state index contributed by atoms with van der Waals surface area (Å²) in [5.41, 5.74) is 1.97. The predicted molar refractivity (Wildman–Crippen MR) is 110 cm³/mol. The Balaban J connectivity index is 1.57. The van der Waals surface area contributed by atoms with Crippen molar-refractivity contribution in [3.63, 3.8) is 0 Å². The summed E-state index contributed by atoms with van der Waals surface area (Å²) in [5.74, 6) is 0.984. The number of benzene rings is 1. The van der Waals surface area contributed by atoms with Gasteiger partial charge in [-0.25, -0.2) is 5.01 Å². The summed E-state index contributed by atoms with van der Waals surface area (Å²) in [5, 5.41) is 16.9. The van der Waals surface area contributed by atoms with E-state index in [0.29, 0.717) is 11.6 Å². The van der Waals surface area contributed by atoms with Gasteiger partial charge in [-0.1, -0.05) is 30.0 Å². The molecule has 0 fully saturated rings. The minimum atomic E-state index is -0.129. The number of thioether (sulfide) groups is 1. The van der Waals surface area contributed by atoms with E-state index in [0.717, 1.165) is 21.9 Å². The largest absolute Gasteiger partial charge is 0.497 e. The van der Waals surface area contributed by atoms with Gasteiger partial charge < -0.3 is 9.30 Å². The molecule has 0 aliphatic carbocycles. The maximum absolute atomic E-state index is 13.0. The summed E-state index contributed by atoms with van der Waals surface area (Å²) in [6.45, 7) is 0. The van der Waals surface area contributed by atoms with E-state index in [1.54, 1.807) is 34.3 Å². The first-order chi connectivity index (χ1) is 13.7. The molecule has 9 heteroatoms. The number of methoxy groups -OCH3 is 1. The number of aromatic nitrogens is 3. The van der Waals surface area contributed by atoms with E-state index in [2.05, 4.69) is 15.3 Å². The minimum Gasteiger partial charge on any atom is -0.497 e. The lowest BCUT2D eigenvalue weighted by Crippen LogP contribution is -2.28. The van der Waals surface area contributed by atoms with Gasteiger partial charge in [-0.2, -0.15) is 5.10 Å². The second kappa shape index (κ2) is 8.15. The van der Waals surface area contributed by atoms with Crippen molar-refractivity contribution >= 4 is 34.7 Å². The number of ether oxygens (including phenoxy) is 1. The highest BCUT2D eigenvalue weighted by Crippen LogP contribution is 2.35. The van der Waals surface area contributed by atoms with Crippen LogP contribution >= 0.6 is 23.1 Å². The zero-order valence-corrected chi connectivity index (χ0v) is 17.1. The first-order valence-corrected chi connectivity index (χ1v) is 10.6. The molecule has 0 spiro atoms. The molecular weight excluding hydrogens is 394 g/mol. The van der Waals surface area contributed by atoms with Crippen molar-refractivity contribution < 1.29 is 9.53 Å². The molecule has 0 radical (unpaired) electrons. The van der Waals surface area contributed by atoms with Crippen LogP contribution in [0, 0.1) is 0 Å². The highest BCUT2D eigenvalue weighted by molar-refractivity contribution is 7.99. The van der Waals surface area contributed by atoms with Crippen LogP contribution < -0.4 is 4.74 Å². The zero-order valence-electron chi connectivity index (χ0n) is 15.5. The quantitative estimate of drug-likeness (QED) is 0.580. The van der Waals surface area contributed by atoms with Crippen molar-refractivity contribution in [3.05, 3.63) is 58.5 Å². The van der Waals surface area contributed by atoms with Gasteiger partial charge in [0.25, 0.3) is 5.91 Å². The summed E-state index contributed by atoms with van der Waals surface area (Å²) in [6.07, 6.45) is 2.31. The number of rotatable bonds is 6.